The zero-order valence-corrected chi connectivity index (χ0v) is 13.2. The molecular formula is C15H17N3O3S. The van der Waals surface area contributed by atoms with Crippen molar-refractivity contribution in [3.05, 3.63) is 59.2 Å². The number of aromatic nitrogens is 1. The lowest BCUT2D eigenvalue weighted by Crippen LogP contribution is -2.29. The molecule has 1 amide bonds. The first-order chi connectivity index (χ1) is 10.3. The third-order valence-electron chi connectivity index (χ3n) is 3.01. The van der Waals surface area contributed by atoms with Crippen LogP contribution in [0.3, 0.4) is 0 Å². The highest BCUT2D eigenvalue weighted by atomic mass is 32.2. The molecule has 1 aromatic carbocycles. The Labute approximate surface area is 129 Å². The normalized spacial score (nSPS) is 12.4. The number of benzene rings is 1. The van der Waals surface area contributed by atoms with Gasteiger partial charge in [-0.25, -0.2) is 0 Å². The Morgan fingerprint density at radius 3 is 2.27 bits per heavy atom. The van der Waals surface area contributed by atoms with Gasteiger partial charge in [0, 0.05) is 6.20 Å². The van der Waals surface area contributed by atoms with Gasteiger partial charge in [0.1, 0.15) is 12.0 Å². The molecule has 0 aliphatic carbocycles. The van der Waals surface area contributed by atoms with Gasteiger partial charge in [-0.2, -0.15) is 8.42 Å². The Morgan fingerprint density at radius 1 is 1.09 bits per heavy atom. The maximum Gasteiger partial charge on any atom is 0.284 e. The average Bonchev–Trinajstić information content (AvgIpc) is 2.41. The summed E-state index contributed by atoms with van der Waals surface area (Å²) in [5, 5.41) is 0. The Morgan fingerprint density at radius 2 is 1.68 bits per heavy atom. The second-order valence-electron chi connectivity index (χ2n) is 5.04. The lowest BCUT2D eigenvalue weighted by Gasteiger charge is -2.06. The minimum atomic E-state index is -3.85. The van der Waals surface area contributed by atoms with Gasteiger partial charge in [0.15, 0.2) is 0 Å². The van der Waals surface area contributed by atoms with Crippen molar-refractivity contribution in [2.75, 3.05) is 0 Å². The Kier molecular flexibility index (Phi) is 4.46. The molecule has 0 saturated heterocycles. The van der Waals surface area contributed by atoms with Crippen LogP contribution in [0.4, 0.5) is 0 Å². The van der Waals surface area contributed by atoms with E-state index in [0.29, 0.717) is 0 Å². The maximum absolute atomic E-state index is 12.3. The predicted molar refractivity (Wildman–Crippen MR) is 82.3 cm³/mol. The number of pyridine rings is 1. The van der Waals surface area contributed by atoms with Gasteiger partial charge < -0.3 is 10.3 Å². The van der Waals surface area contributed by atoms with E-state index in [9.17, 15) is 13.2 Å². The standard InChI is InChI=1S/C15H17N3O3S/c1-11-3-6-13(7-4-11)22(20,21)17-15-8-5-12(2)9-18(15)10-14(16)19/h3-9H,10H2,1-2H3,(H2,16,19)/b17-15-. The van der Waals surface area contributed by atoms with E-state index in [2.05, 4.69) is 4.40 Å². The summed E-state index contributed by atoms with van der Waals surface area (Å²) in [5.41, 5.74) is 7.17. The first-order valence-corrected chi connectivity index (χ1v) is 8.05. The Bertz CT molecular complexity index is 866. The van der Waals surface area contributed by atoms with Crippen molar-refractivity contribution >= 4 is 15.9 Å². The smallest absolute Gasteiger partial charge is 0.284 e. The van der Waals surface area contributed by atoms with E-state index in [4.69, 9.17) is 5.73 Å². The summed E-state index contributed by atoms with van der Waals surface area (Å²) in [6.45, 7) is 3.56. The zero-order chi connectivity index (χ0) is 16.3. The molecule has 2 rings (SSSR count). The monoisotopic (exact) mass is 319 g/mol. The quantitative estimate of drug-likeness (QED) is 0.906. The number of nitrogens with zero attached hydrogens (tertiary/aromatic N) is 2. The number of carbonyl (C=O) groups is 1. The van der Waals surface area contributed by atoms with E-state index in [1.807, 2.05) is 13.8 Å². The Hall–Kier alpha value is -2.41. The number of sulfonamides is 1. The number of nitrogens with two attached hydrogens (primary N) is 1. The molecule has 0 spiro atoms. The van der Waals surface area contributed by atoms with Crippen LogP contribution in [-0.2, 0) is 21.4 Å². The lowest BCUT2D eigenvalue weighted by molar-refractivity contribution is -0.118. The Balaban J connectivity index is 2.56. The van der Waals surface area contributed by atoms with Crippen molar-refractivity contribution < 1.29 is 13.2 Å². The molecule has 0 atom stereocenters. The molecule has 6 nitrogen and oxygen atoms in total. The van der Waals surface area contributed by atoms with Gasteiger partial charge in [-0.15, -0.1) is 4.40 Å². The summed E-state index contributed by atoms with van der Waals surface area (Å²) in [6.07, 6.45) is 1.63. The average molecular weight is 319 g/mol. The fourth-order valence-corrected chi connectivity index (χ4v) is 2.92. The molecule has 116 valence electrons. The SMILES string of the molecule is Cc1ccc(S(=O)(=O)/N=c2/ccc(C)cn2CC(N)=O)cc1. The molecule has 0 aliphatic rings. The van der Waals surface area contributed by atoms with Crippen LogP contribution in [0.2, 0.25) is 0 Å². The highest BCUT2D eigenvalue weighted by molar-refractivity contribution is 7.90. The summed E-state index contributed by atoms with van der Waals surface area (Å²) >= 11 is 0. The molecule has 0 aliphatic heterocycles. The summed E-state index contributed by atoms with van der Waals surface area (Å²) in [5.74, 6) is -0.570. The second-order valence-corrected chi connectivity index (χ2v) is 6.64. The largest absolute Gasteiger partial charge is 0.368 e. The fraction of sp³-hybridized carbons (Fsp3) is 0.200. The van der Waals surface area contributed by atoms with Crippen molar-refractivity contribution in [2.45, 2.75) is 25.3 Å². The van der Waals surface area contributed by atoms with Crippen molar-refractivity contribution in [1.82, 2.24) is 4.57 Å². The van der Waals surface area contributed by atoms with Gasteiger partial charge in [-0.1, -0.05) is 23.8 Å². The summed E-state index contributed by atoms with van der Waals surface area (Å²) < 4.78 is 29.9. The highest BCUT2D eigenvalue weighted by Gasteiger charge is 2.12. The van der Waals surface area contributed by atoms with E-state index in [1.165, 1.54) is 16.7 Å². The van der Waals surface area contributed by atoms with E-state index in [1.54, 1.807) is 30.5 Å². The maximum atomic E-state index is 12.3. The molecule has 7 heteroatoms. The molecule has 0 unspecified atom stereocenters. The van der Waals surface area contributed by atoms with E-state index < -0.39 is 15.9 Å². The van der Waals surface area contributed by atoms with Gasteiger partial charge in [0.25, 0.3) is 10.0 Å². The topological polar surface area (TPSA) is 94.5 Å². The first-order valence-electron chi connectivity index (χ1n) is 6.61. The molecule has 0 bridgehead atoms. The second kappa shape index (κ2) is 6.15. The van der Waals surface area contributed by atoms with Crippen molar-refractivity contribution in [3.8, 4) is 0 Å². The van der Waals surface area contributed by atoms with Crippen molar-refractivity contribution in [2.24, 2.45) is 10.1 Å². The van der Waals surface area contributed by atoms with Crippen LogP contribution in [-0.4, -0.2) is 18.9 Å². The zero-order valence-electron chi connectivity index (χ0n) is 12.4. The number of amides is 1. The van der Waals surface area contributed by atoms with Crippen LogP contribution in [0.25, 0.3) is 0 Å². The molecule has 1 aromatic heterocycles. The molecule has 22 heavy (non-hydrogen) atoms. The van der Waals surface area contributed by atoms with Gasteiger partial charge in [-0.3, -0.25) is 4.79 Å². The highest BCUT2D eigenvalue weighted by Crippen LogP contribution is 2.12. The molecule has 0 saturated carbocycles. The fourth-order valence-electron chi connectivity index (χ4n) is 1.92. The summed E-state index contributed by atoms with van der Waals surface area (Å²) in [6, 6.07) is 9.68. The van der Waals surface area contributed by atoms with Crippen LogP contribution in [0, 0.1) is 13.8 Å². The number of carbonyl (C=O) groups excluding carboxylic acids is 1. The van der Waals surface area contributed by atoms with Crippen LogP contribution < -0.4 is 11.2 Å². The molecule has 2 N–H and O–H groups in total. The van der Waals surface area contributed by atoms with E-state index in [0.717, 1.165) is 11.1 Å². The third kappa shape index (κ3) is 3.82. The molecule has 1 heterocycles. The van der Waals surface area contributed by atoms with Crippen LogP contribution in [0.5, 0.6) is 0 Å². The molecular weight excluding hydrogens is 302 g/mol. The van der Waals surface area contributed by atoms with E-state index in [-0.39, 0.29) is 16.9 Å². The third-order valence-corrected chi connectivity index (χ3v) is 4.30. The van der Waals surface area contributed by atoms with Gasteiger partial charge in [-0.05, 0) is 37.6 Å². The van der Waals surface area contributed by atoms with Gasteiger partial charge >= 0.3 is 0 Å². The lowest BCUT2D eigenvalue weighted by atomic mass is 10.2. The van der Waals surface area contributed by atoms with Crippen molar-refractivity contribution in [3.63, 3.8) is 0 Å². The number of aryl methyl sites for hydroxylation is 2. The molecule has 2 aromatic rings. The first kappa shape index (κ1) is 16.0. The molecule has 0 fully saturated rings. The minimum Gasteiger partial charge on any atom is -0.368 e. The number of hydrogen-bond acceptors (Lipinski definition) is 3. The van der Waals surface area contributed by atoms with Gasteiger partial charge in [0.2, 0.25) is 5.91 Å². The molecule has 0 radical (unpaired) electrons. The van der Waals surface area contributed by atoms with Crippen molar-refractivity contribution in [1.29, 1.82) is 0 Å². The summed E-state index contributed by atoms with van der Waals surface area (Å²) in [7, 11) is -3.85. The number of hydrogen-bond donors (Lipinski definition) is 1. The van der Waals surface area contributed by atoms with Gasteiger partial charge in [0.05, 0.1) is 4.90 Å². The number of rotatable bonds is 4. The van der Waals surface area contributed by atoms with Crippen LogP contribution in [0.1, 0.15) is 11.1 Å². The minimum absolute atomic E-state index is 0.101. The van der Waals surface area contributed by atoms with Crippen LogP contribution >= 0.6 is 0 Å². The number of primary amides is 1. The van der Waals surface area contributed by atoms with E-state index >= 15 is 0 Å². The summed E-state index contributed by atoms with van der Waals surface area (Å²) in [4.78, 5) is 11.2. The predicted octanol–water partition coefficient (Wildman–Crippen LogP) is 0.880. The van der Waals surface area contributed by atoms with Crippen LogP contribution in [0.15, 0.2) is 51.9 Å².